The Morgan fingerprint density at radius 2 is 0.847 bits per heavy atom. The topological polar surface area (TPSA) is 31.2 Å². The molecule has 0 amide bonds. The number of aliphatic imine (C=N–C) groups is 2. The SMILES string of the molecule is Clc1ccccc1C/N=C1\C2CCN(CC2)C1C(c1ccccc1)c1ccccc1.c1ccc(C(c2ccccc2)C2/C(=N/CC3CCCCC3)C3CCN2CC3)cc1. The maximum absolute atomic E-state index is 6.43. The van der Waals surface area contributed by atoms with E-state index in [-0.39, 0.29) is 0 Å². The van der Waals surface area contributed by atoms with Gasteiger partial charge in [-0.25, -0.2) is 0 Å². The Balaban J connectivity index is 0.000000152. The van der Waals surface area contributed by atoms with Gasteiger partial charge in [-0.15, -0.1) is 0 Å². The van der Waals surface area contributed by atoms with Crippen molar-refractivity contribution in [1.82, 2.24) is 9.80 Å². The summed E-state index contributed by atoms with van der Waals surface area (Å²) in [5, 5.41) is 0.808. The highest BCUT2D eigenvalue weighted by molar-refractivity contribution is 6.31. The molecule has 304 valence electrons. The zero-order chi connectivity index (χ0) is 39.8. The smallest absolute Gasteiger partial charge is 0.0654 e. The maximum atomic E-state index is 6.43. The zero-order valence-corrected chi connectivity index (χ0v) is 35.4. The van der Waals surface area contributed by atoms with Crippen molar-refractivity contribution in [2.45, 2.75) is 88.3 Å². The van der Waals surface area contributed by atoms with Crippen LogP contribution < -0.4 is 0 Å². The van der Waals surface area contributed by atoms with E-state index in [1.165, 1.54) is 105 Å². The van der Waals surface area contributed by atoms with Gasteiger partial charge in [-0.1, -0.05) is 170 Å². The minimum atomic E-state index is 0.292. The second-order valence-electron chi connectivity index (χ2n) is 17.7. The summed E-state index contributed by atoms with van der Waals surface area (Å²) in [5.74, 6) is 2.77. The molecule has 4 bridgehead atoms. The first kappa shape index (κ1) is 40.1. The molecule has 6 heterocycles. The average Bonchev–Trinajstić information content (AvgIpc) is 3.31. The van der Waals surface area contributed by atoms with Gasteiger partial charge in [0.05, 0.1) is 18.6 Å². The normalized spacial score (nSPS) is 26.6. The molecule has 0 aromatic heterocycles. The van der Waals surface area contributed by atoms with Crippen molar-refractivity contribution in [1.29, 1.82) is 0 Å². The monoisotopic (exact) mass is 800 g/mol. The Bertz CT molecular complexity index is 2040. The number of hydrogen-bond acceptors (Lipinski definition) is 4. The van der Waals surface area contributed by atoms with E-state index in [0.717, 1.165) is 36.1 Å². The van der Waals surface area contributed by atoms with Crippen molar-refractivity contribution >= 4 is 23.0 Å². The average molecular weight is 802 g/mol. The van der Waals surface area contributed by atoms with Crippen LogP contribution in [-0.4, -0.2) is 66.0 Å². The summed E-state index contributed by atoms with van der Waals surface area (Å²) in [5.41, 5.74) is 9.59. The van der Waals surface area contributed by atoms with E-state index in [4.69, 9.17) is 21.6 Å². The highest BCUT2D eigenvalue weighted by Gasteiger charge is 2.45. The zero-order valence-electron chi connectivity index (χ0n) is 34.7. The molecule has 12 rings (SSSR count). The van der Waals surface area contributed by atoms with Crippen LogP contribution in [0.2, 0.25) is 5.02 Å². The van der Waals surface area contributed by atoms with Crippen LogP contribution >= 0.6 is 11.6 Å². The summed E-state index contributed by atoms with van der Waals surface area (Å²) in [6.45, 7) is 6.51. The van der Waals surface area contributed by atoms with Gasteiger partial charge in [-0.05, 0) is 105 Å². The Hall–Kier alpha value is -4.35. The van der Waals surface area contributed by atoms with Crippen LogP contribution in [0.4, 0.5) is 0 Å². The van der Waals surface area contributed by atoms with Gasteiger partial charge in [0.15, 0.2) is 0 Å². The van der Waals surface area contributed by atoms with Crippen LogP contribution in [0.1, 0.15) is 97.4 Å². The van der Waals surface area contributed by atoms with Crippen LogP contribution in [0.15, 0.2) is 156 Å². The first-order valence-corrected chi connectivity index (χ1v) is 23.1. The van der Waals surface area contributed by atoms with Crippen LogP contribution in [0.25, 0.3) is 0 Å². The molecule has 4 nitrogen and oxygen atoms in total. The molecule has 7 aliphatic rings. The largest absolute Gasteiger partial charge is 0.294 e. The minimum Gasteiger partial charge on any atom is -0.294 e. The molecule has 59 heavy (non-hydrogen) atoms. The molecule has 5 aromatic carbocycles. The fourth-order valence-corrected chi connectivity index (χ4v) is 11.4. The molecule has 0 radical (unpaired) electrons. The molecule has 0 spiro atoms. The van der Waals surface area contributed by atoms with Gasteiger partial charge in [-0.3, -0.25) is 19.8 Å². The van der Waals surface area contributed by atoms with Crippen molar-refractivity contribution in [3.05, 3.63) is 178 Å². The molecule has 1 aliphatic carbocycles. The second kappa shape index (κ2) is 19.4. The lowest BCUT2D eigenvalue weighted by molar-refractivity contribution is 0.135. The quantitative estimate of drug-likeness (QED) is 0.141. The number of fused-ring (bicyclic) bond motifs is 6. The third kappa shape index (κ3) is 9.21. The van der Waals surface area contributed by atoms with E-state index >= 15 is 0 Å². The van der Waals surface area contributed by atoms with E-state index in [1.54, 1.807) is 0 Å². The van der Waals surface area contributed by atoms with Gasteiger partial charge < -0.3 is 0 Å². The van der Waals surface area contributed by atoms with Crippen molar-refractivity contribution in [3.63, 3.8) is 0 Å². The van der Waals surface area contributed by atoms with E-state index < -0.39 is 0 Å². The molecule has 6 aliphatic heterocycles. The summed E-state index contributed by atoms with van der Waals surface area (Å²) < 4.78 is 0. The fraction of sp³-hybridized carbons (Fsp3) is 0.407. The molecule has 1 saturated carbocycles. The van der Waals surface area contributed by atoms with Crippen molar-refractivity contribution in [2.75, 3.05) is 32.7 Å². The van der Waals surface area contributed by atoms with Gasteiger partial charge >= 0.3 is 0 Å². The number of rotatable bonds is 10. The Kier molecular flexibility index (Phi) is 13.1. The highest BCUT2D eigenvalue weighted by Crippen LogP contribution is 2.42. The summed E-state index contributed by atoms with van der Waals surface area (Å²) in [6, 6.07) is 53.1. The van der Waals surface area contributed by atoms with Crippen LogP contribution in [0.3, 0.4) is 0 Å². The number of hydrogen-bond donors (Lipinski definition) is 0. The lowest BCUT2D eigenvalue weighted by Crippen LogP contribution is -2.58. The van der Waals surface area contributed by atoms with Crippen molar-refractivity contribution in [2.24, 2.45) is 27.7 Å². The number of piperidine rings is 6. The van der Waals surface area contributed by atoms with Crippen LogP contribution in [0, 0.1) is 17.8 Å². The molecule has 0 N–H and O–H groups in total. The minimum absolute atomic E-state index is 0.292. The van der Waals surface area contributed by atoms with Crippen molar-refractivity contribution < 1.29 is 0 Å². The Labute approximate surface area is 358 Å². The molecular formula is C54H61ClN4. The molecular weight excluding hydrogens is 740 g/mol. The molecule has 6 saturated heterocycles. The molecule has 5 aromatic rings. The number of benzene rings is 5. The van der Waals surface area contributed by atoms with Crippen LogP contribution in [-0.2, 0) is 6.54 Å². The third-order valence-electron chi connectivity index (χ3n) is 14.2. The molecule has 7 fully saturated rings. The van der Waals surface area contributed by atoms with Crippen LogP contribution in [0.5, 0.6) is 0 Å². The first-order valence-electron chi connectivity index (χ1n) is 22.7. The lowest BCUT2D eigenvalue weighted by atomic mass is 9.72. The lowest BCUT2D eigenvalue weighted by Gasteiger charge is -2.50. The second-order valence-corrected chi connectivity index (χ2v) is 18.1. The fourth-order valence-electron chi connectivity index (χ4n) is 11.2. The van der Waals surface area contributed by atoms with E-state index in [0.29, 0.717) is 42.3 Å². The summed E-state index contributed by atoms with van der Waals surface area (Å²) in [4.78, 5) is 16.1. The van der Waals surface area contributed by atoms with Gasteiger partial charge in [0.2, 0.25) is 0 Å². The third-order valence-corrected chi connectivity index (χ3v) is 14.6. The van der Waals surface area contributed by atoms with Gasteiger partial charge in [-0.2, -0.15) is 0 Å². The summed E-state index contributed by atoms with van der Waals surface area (Å²) >= 11 is 6.43. The number of nitrogens with zero attached hydrogens (tertiary/aromatic N) is 4. The van der Waals surface area contributed by atoms with Crippen molar-refractivity contribution in [3.8, 4) is 0 Å². The Morgan fingerprint density at radius 1 is 0.458 bits per heavy atom. The molecule has 2 atom stereocenters. The van der Waals surface area contributed by atoms with E-state index in [2.05, 4.69) is 137 Å². The van der Waals surface area contributed by atoms with Gasteiger partial charge in [0.25, 0.3) is 0 Å². The van der Waals surface area contributed by atoms with E-state index in [1.807, 2.05) is 18.2 Å². The van der Waals surface area contributed by atoms with E-state index in [9.17, 15) is 0 Å². The highest BCUT2D eigenvalue weighted by atomic mass is 35.5. The Morgan fingerprint density at radius 3 is 1.27 bits per heavy atom. The predicted octanol–water partition coefficient (Wildman–Crippen LogP) is 12.1. The maximum Gasteiger partial charge on any atom is 0.0654 e. The summed E-state index contributed by atoms with van der Waals surface area (Å²) in [6.07, 6.45) is 12.1. The predicted molar refractivity (Wildman–Crippen MR) is 247 cm³/mol. The van der Waals surface area contributed by atoms with Gasteiger partial charge in [0.1, 0.15) is 0 Å². The summed E-state index contributed by atoms with van der Waals surface area (Å²) in [7, 11) is 0. The molecule has 5 heteroatoms. The molecule has 2 unspecified atom stereocenters. The van der Waals surface area contributed by atoms with Gasteiger partial charge in [0, 0.05) is 46.7 Å². The standard InChI is InChI=1S/C27H27ClN2.C27H34N2/c28-24-14-8-7-13-23(24)19-29-26-22-15-17-30(18-16-22)27(26)25(20-9-3-1-4-10-20)21-11-5-2-6-12-21;1-4-10-21(11-5-1)20-28-26-24-16-18-29(19-17-24)27(26)25(22-12-6-2-7-13-22)23-14-8-3-9-15-23/h1-14,22,25,27H,15-19H2;2-3,6-9,12-15,21,24-25,27H,1,4-5,10-11,16-20H2/b29-26+;28-26+. The first-order chi connectivity index (χ1) is 29.2. The number of halogens is 1.